The number of ether oxygens (including phenoxy) is 1. The van der Waals surface area contributed by atoms with Crippen LogP contribution in [0.3, 0.4) is 0 Å². The van der Waals surface area contributed by atoms with E-state index in [1.165, 1.54) is 6.07 Å². The van der Waals surface area contributed by atoms with Crippen LogP contribution in [0.2, 0.25) is 0 Å². The van der Waals surface area contributed by atoms with Crippen LogP contribution in [0.1, 0.15) is 26.7 Å². The minimum atomic E-state index is -3.89. The molecule has 1 fully saturated rings. The van der Waals surface area contributed by atoms with Crippen LogP contribution in [-0.4, -0.2) is 44.4 Å². The first kappa shape index (κ1) is 20.7. The number of sulfonamides is 1. The number of nitrogens with one attached hydrogen (secondary N) is 2. The van der Waals surface area contributed by atoms with E-state index in [-0.39, 0.29) is 10.8 Å². The highest BCUT2D eigenvalue weighted by Crippen LogP contribution is 2.20. The molecule has 2 unspecified atom stereocenters. The molecule has 1 amide bonds. The Morgan fingerprint density at radius 2 is 1.93 bits per heavy atom. The van der Waals surface area contributed by atoms with Gasteiger partial charge in [0.2, 0.25) is 15.9 Å². The number of carbonyl (C=O) groups excluding carboxylic acids is 1. The molecule has 1 aliphatic rings. The van der Waals surface area contributed by atoms with Crippen molar-refractivity contribution >= 4 is 26.7 Å². The highest BCUT2D eigenvalue weighted by Gasteiger charge is 2.32. The van der Waals surface area contributed by atoms with E-state index in [0.29, 0.717) is 19.4 Å². The molecule has 0 saturated carbocycles. The summed E-state index contributed by atoms with van der Waals surface area (Å²) in [6.07, 6.45) is -0.248. The molecule has 7 nitrogen and oxygen atoms in total. The second-order valence-electron chi connectivity index (χ2n) is 7.48. The normalized spacial score (nSPS) is 21.1. The zero-order valence-corrected chi connectivity index (χ0v) is 16.8. The first-order valence-electron chi connectivity index (χ1n) is 9.37. The van der Waals surface area contributed by atoms with Gasteiger partial charge in [-0.3, -0.25) is 4.79 Å². The number of rotatable bonds is 7. The molecule has 2 aromatic carbocycles. The van der Waals surface area contributed by atoms with Crippen molar-refractivity contribution in [1.29, 1.82) is 0 Å². The van der Waals surface area contributed by atoms with Crippen molar-refractivity contribution in [2.75, 3.05) is 6.61 Å². The number of hydrogen-bond donors (Lipinski definition) is 3. The average molecular weight is 407 g/mol. The maximum Gasteiger partial charge on any atom is 0.241 e. The maximum absolute atomic E-state index is 12.9. The van der Waals surface area contributed by atoms with Gasteiger partial charge in [0.05, 0.1) is 17.5 Å². The van der Waals surface area contributed by atoms with Crippen LogP contribution in [-0.2, 0) is 19.6 Å². The van der Waals surface area contributed by atoms with Crippen LogP contribution in [0.5, 0.6) is 0 Å². The molecular weight excluding hydrogens is 380 g/mol. The Morgan fingerprint density at radius 3 is 2.57 bits per heavy atom. The fraction of sp³-hybridized carbons (Fsp3) is 0.450. The lowest BCUT2D eigenvalue weighted by Crippen LogP contribution is -2.51. The van der Waals surface area contributed by atoms with Gasteiger partial charge in [0.25, 0.3) is 0 Å². The van der Waals surface area contributed by atoms with E-state index in [4.69, 9.17) is 4.74 Å². The van der Waals surface area contributed by atoms with E-state index < -0.39 is 34.3 Å². The number of fused-ring (bicyclic) bond motifs is 1. The van der Waals surface area contributed by atoms with E-state index in [1.54, 1.807) is 12.1 Å². The predicted molar refractivity (Wildman–Crippen MR) is 106 cm³/mol. The highest BCUT2D eigenvalue weighted by atomic mass is 32.2. The van der Waals surface area contributed by atoms with Crippen LogP contribution in [0.25, 0.3) is 10.8 Å². The minimum absolute atomic E-state index is 0.0970. The molecule has 0 aliphatic carbocycles. The second-order valence-corrected chi connectivity index (χ2v) is 9.19. The van der Waals surface area contributed by atoms with Gasteiger partial charge < -0.3 is 15.2 Å². The first-order valence-corrected chi connectivity index (χ1v) is 10.9. The molecular formula is C20H26N2O5S. The molecule has 1 heterocycles. The quantitative estimate of drug-likeness (QED) is 0.650. The molecule has 1 aliphatic heterocycles. The summed E-state index contributed by atoms with van der Waals surface area (Å²) in [5, 5.41) is 14.2. The van der Waals surface area contributed by atoms with Gasteiger partial charge in [0, 0.05) is 0 Å². The van der Waals surface area contributed by atoms with Crippen molar-refractivity contribution in [3.63, 3.8) is 0 Å². The molecule has 0 radical (unpaired) electrons. The fourth-order valence-electron chi connectivity index (χ4n) is 3.27. The molecule has 152 valence electrons. The van der Waals surface area contributed by atoms with E-state index in [2.05, 4.69) is 10.0 Å². The smallest absolute Gasteiger partial charge is 0.241 e. The fourth-order valence-corrected chi connectivity index (χ4v) is 4.51. The molecule has 3 atom stereocenters. The summed E-state index contributed by atoms with van der Waals surface area (Å²) in [6, 6.07) is 10.9. The van der Waals surface area contributed by atoms with E-state index >= 15 is 0 Å². The topological polar surface area (TPSA) is 105 Å². The number of aliphatic hydroxyl groups is 1. The third kappa shape index (κ3) is 4.88. The van der Waals surface area contributed by atoms with E-state index in [1.807, 2.05) is 38.1 Å². The third-order valence-electron chi connectivity index (χ3n) is 4.74. The van der Waals surface area contributed by atoms with Crippen molar-refractivity contribution in [3.05, 3.63) is 42.5 Å². The SMILES string of the molecule is CC(C)CC(NS(=O)(=O)c1ccc2ccccc2c1)C(=O)N[C@H]1CCOC1O. The Balaban J connectivity index is 1.80. The number of aliphatic hydroxyl groups excluding tert-OH is 1. The summed E-state index contributed by atoms with van der Waals surface area (Å²) in [5.41, 5.74) is 0. The van der Waals surface area contributed by atoms with Crippen molar-refractivity contribution < 1.29 is 23.1 Å². The monoisotopic (exact) mass is 406 g/mol. The summed E-state index contributed by atoms with van der Waals surface area (Å²) in [6.45, 7) is 4.18. The summed E-state index contributed by atoms with van der Waals surface area (Å²) >= 11 is 0. The van der Waals surface area contributed by atoms with Crippen LogP contribution < -0.4 is 10.0 Å². The van der Waals surface area contributed by atoms with Crippen LogP contribution in [0.4, 0.5) is 0 Å². The lowest BCUT2D eigenvalue weighted by molar-refractivity contribution is -0.127. The molecule has 3 rings (SSSR count). The first-order chi connectivity index (χ1) is 13.3. The predicted octanol–water partition coefficient (Wildman–Crippen LogP) is 1.76. The number of amides is 1. The number of hydrogen-bond acceptors (Lipinski definition) is 5. The lowest BCUT2D eigenvalue weighted by atomic mass is 10.0. The van der Waals surface area contributed by atoms with Gasteiger partial charge >= 0.3 is 0 Å². The van der Waals surface area contributed by atoms with Crippen molar-refractivity contribution in [1.82, 2.24) is 10.0 Å². The lowest BCUT2D eigenvalue weighted by Gasteiger charge is -2.23. The zero-order chi connectivity index (χ0) is 20.3. The molecule has 0 spiro atoms. The number of benzene rings is 2. The largest absolute Gasteiger partial charge is 0.366 e. The molecule has 2 aromatic rings. The van der Waals surface area contributed by atoms with Gasteiger partial charge in [-0.05, 0) is 41.7 Å². The standard InChI is InChI=1S/C20H26N2O5S/c1-13(2)11-18(19(23)21-17-9-10-27-20(17)24)22-28(25,26)16-8-7-14-5-3-4-6-15(14)12-16/h3-8,12-13,17-18,20,22,24H,9-11H2,1-2H3,(H,21,23)/t17-,18?,20?/m0/s1. The summed E-state index contributed by atoms with van der Waals surface area (Å²) < 4.78 is 33.4. The second kappa shape index (κ2) is 8.57. The van der Waals surface area contributed by atoms with Gasteiger partial charge in [-0.15, -0.1) is 0 Å². The Morgan fingerprint density at radius 1 is 1.21 bits per heavy atom. The van der Waals surface area contributed by atoms with Crippen molar-refractivity contribution in [3.8, 4) is 0 Å². The van der Waals surface area contributed by atoms with E-state index in [0.717, 1.165) is 10.8 Å². The van der Waals surface area contributed by atoms with Crippen molar-refractivity contribution in [2.45, 2.75) is 50.0 Å². The molecule has 0 bridgehead atoms. The molecule has 8 heteroatoms. The highest BCUT2D eigenvalue weighted by molar-refractivity contribution is 7.89. The van der Waals surface area contributed by atoms with Gasteiger partial charge in [-0.1, -0.05) is 44.2 Å². The Bertz CT molecular complexity index is 945. The maximum atomic E-state index is 12.9. The summed E-state index contributed by atoms with van der Waals surface area (Å²) in [4.78, 5) is 12.8. The van der Waals surface area contributed by atoms with Gasteiger partial charge in [0.15, 0.2) is 6.29 Å². The zero-order valence-electron chi connectivity index (χ0n) is 16.0. The van der Waals surface area contributed by atoms with Crippen LogP contribution >= 0.6 is 0 Å². The molecule has 0 aromatic heterocycles. The molecule has 28 heavy (non-hydrogen) atoms. The average Bonchev–Trinajstić information content (AvgIpc) is 3.04. The van der Waals surface area contributed by atoms with Gasteiger partial charge in [-0.25, -0.2) is 8.42 Å². The van der Waals surface area contributed by atoms with Crippen molar-refractivity contribution in [2.24, 2.45) is 5.92 Å². The van der Waals surface area contributed by atoms with Gasteiger partial charge in [0.1, 0.15) is 6.04 Å². The third-order valence-corrected chi connectivity index (χ3v) is 6.21. The van der Waals surface area contributed by atoms with Gasteiger partial charge in [-0.2, -0.15) is 4.72 Å². The Hall–Kier alpha value is -2.00. The Kier molecular flexibility index (Phi) is 6.34. The van der Waals surface area contributed by atoms with Crippen LogP contribution in [0, 0.1) is 5.92 Å². The minimum Gasteiger partial charge on any atom is -0.366 e. The Labute approximate surface area is 165 Å². The number of carbonyl (C=O) groups is 1. The molecule has 1 saturated heterocycles. The summed E-state index contributed by atoms with van der Waals surface area (Å²) in [7, 11) is -3.89. The van der Waals surface area contributed by atoms with E-state index in [9.17, 15) is 18.3 Å². The summed E-state index contributed by atoms with van der Waals surface area (Å²) in [5.74, 6) is -0.368. The molecule has 3 N–H and O–H groups in total. The van der Waals surface area contributed by atoms with Crippen LogP contribution in [0.15, 0.2) is 47.4 Å².